The van der Waals surface area contributed by atoms with Crippen molar-refractivity contribution in [3.8, 4) is 0 Å². The van der Waals surface area contributed by atoms with Gasteiger partial charge in [0.1, 0.15) is 0 Å². The molecule has 0 aromatic carbocycles. The molecule has 0 radical (unpaired) electrons. The molecule has 16 heavy (non-hydrogen) atoms. The van der Waals surface area contributed by atoms with Gasteiger partial charge in [0.05, 0.1) is 11.2 Å². The van der Waals surface area contributed by atoms with Crippen LogP contribution in [-0.4, -0.2) is 36.1 Å². The van der Waals surface area contributed by atoms with Crippen molar-refractivity contribution in [1.29, 1.82) is 0 Å². The summed E-state index contributed by atoms with van der Waals surface area (Å²) in [6.45, 7) is 3.39. The van der Waals surface area contributed by atoms with Crippen molar-refractivity contribution >= 4 is 11.3 Å². The van der Waals surface area contributed by atoms with Crippen molar-refractivity contribution in [3.63, 3.8) is 0 Å². The number of rotatable bonds is 6. The van der Waals surface area contributed by atoms with Crippen LogP contribution in [0.3, 0.4) is 0 Å². The lowest BCUT2D eigenvalue weighted by Crippen LogP contribution is -2.24. The van der Waals surface area contributed by atoms with E-state index < -0.39 is 0 Å². The van der Waals surface area contributed by atoms with E-state index in [1.807, 2.05) is 5.51 Å². The summed E-state index contributed by atoms with van der Waals surface area (Å²) in [5, 5.41) is 5.68. The van der Waals surface area contributed by atoms with Gasteiger partial charge in [0.25, 0.3) is 0 Å². The summed E-state index contributed by atoms with van der Waals surface area (Å²) in [6, 6.07) is 0.785. The van der Waals surface area contributed by atoms with Crippen molar-refractivity contribution in [1.82, 2.24) is 15.2 Å². The first-order valence-electron chi connectivity index (χ1n) is 6.13. The van der Waals surface area contributed by atoms with Crippen molar-refractivity contribution in [2.24, 2.45) is 0 Å². The van der Waals surface area contributed by atoms with E-state index in [2.05, 4.69) is 27.6 Å². The second kappa shape index (κ2) is 6.33. The highest BCUT2D eigenvalue weighted by atomic mass is 32.1. The van der Waals surface area contributed by atoms with Crippen LogP contribution in [0.5, 0.6) is 0 Å². The summed E-state index contributed by atoms with van der Waals surface area (Å²) in [4.78, 5) is 6.67. The van der Waals surface area contributed by atoms with Crippen LogP contribution in [0, 0.1) is 0 Å². The molecule has 1 aromatic heterocycles. The maximum atomic E-state index is 4.31. The predicted molar refractivity (Wildman–Crippen MR) is 68.7 cm³/mol. The van der Waals surface area contributed by atoms with Gasteiger partial charge in [-0.2, -0.15) is 0 Å². The number of nitrogens with one attached hydrogen (secondary N) is 1. The summed E-state index contributed by atoms with van der Waals surface area (Å²) in [7, 11) is 2.18. The van der Waals surface area contributed by atoms with Crippen LogP contribution >= 0.6 is 11.3 Å². The first-order chi connectivity index (χ1) is 7.84. The van der Waals surface area contributed by atoms with Crippen molar-refractivity contribution in [3.05, 3.63) is 16.6 Å². The van der Waals surface area contributed by atoms with Crippen molar-refractivity contribution in [2.75, 3.05) is 20.1 Å². The second-order valence-electron chi connectivity index (χ2n) is 4.65. The Bertz CT molecular complexity index is 280. The summed E-state index contributed by atoms with van der Waals surface area (Å²) in [6.07, 6.45) is 5.34. The molecule has 3 nitrogen and oxygen atoms in total. The van der Waals surface area contributed by atoms with E-state index in [4.69, 9.17) is 0 Å². The topological polar surface area (TPSA) is 28.2 Å². The molecule has 1 fully saturated rings. The van der Waals surface area contributed by atoms with E-state index in [9.17, 15) is 0 Å². The number of nitrogens with zero attached hydrogens (tertiary/aromatic N) is 2. The molecule has 1 atom stereocenters. The van der Waals surface area contributed by atoms with E-state index in [0.717, 1.165) is 12.6 Å². The lowest BCUT2D eigenvalue weighted by Gasteiger charge is -2.16. The molecule has 0 saturated carbocycles. The Kier molecular flexibility index (Phi) is 4.75. The molecular weight excluding hydrogens is 218 g/mol. The minimum absolute atomic E-state index is 0.785. The van der Waals surface area contributed by atoms with Gasteiger partial charge in [0, 0.05) is 18.0 Å². The molecule has 1 aliphatic heterocycles. The Balaban J connectivity index is 1.58. The van der Waals surface area contributed by atoms with Crippen LogP contribution in [0.25, 0.3) is 0 Å². The van der Waals surface area contributed by atoms with Gasteiger partial charge in [-0.3, -0.25) is 0 Å². The second-order valence-corrected chi connectivity index (χ2v) is 5.37. The highest BCUT2D eigenvalue weighted by Gasteiger charge is 2.13. The number of thiazole rings is 1. The first-order valence-corrected chi connectivity index (χ1v) is 7.08. The van der Waals surface area contributed by atoms with E-state index in [1.54, 1.807) is 11.3 Å². The van der Waals surface area contributed by atoms with Gasteiger partial charge < -0.3 is 10.2 Å². The van der Waals surface area contributed by atoms with Crippen LogP contribution in [0.15, 0.2) is 10.9 Å². The molecule has 90 valence electrons. The number of hydrogen-bond donors (Lipinski definition) is 1. The molecule has 0 bridgehead atoms. The molecule has 2 heterocycles. The lowest BCUT2D eigenvalue weighted by atomic mass is 10.1. The van der Waals surface area contributed by atoms with Crippen molar-refractivity contribution in [2.45, 2.75) is 38.3 Å². The normalized spacial score (nSPS) is 20.8. The zero-order valence-corrected chi connectivity index (χ0v) is 10.8. The third-order valence-corrected chi connectivity index (χ3v) is 3.81. The summed E-state index contributed by atoms with van der Waals surface area (Å²) < 4.78 is 0. The van der Waals surface area contributed by atoms with Gasteiger partial charge in [0.15, 0.2) is 0 Å². The Morgan fingerprint density at radius 3 is 3.25 bits per heavy atom. The molecule has 4 heteroatoms. The van der Waals surface area contributed by atoms with Crippen LogP contribution in [0.4, 0.5) is 0 Å². The van der Waals surface area contributed by atoms with E-state index in [1.165, 1.54) is 44.5 Å². The Labute approximate surface area is 102 Å². The molecular formula is C12H21N3S. The fraction of sp³-hybridized carbons (Fsp3) is 0.750. The third kappa shape index (κ3) is 3.85. The van der Waals surface area contributed by atoms with Gasteiger partial charge in [-0.1, -0.05) is 0 Å². The maximum Gasteiger partial charge on any atom is 0.0795 e. The maximum absolute atomic E-state index is 4.31. The van der Waals surface area contributed by atoms with Crippen LogP contribution in [0.1, 0.15) is 31.4 Å². The van der Waals surface area contributed by atoms with Gasteiger partial charge in [0.2, 0.25) is 0 Å². The zero-order valence-electron chi connectivity index (χ0n) is 9.98. The third-order valence-electron chi connectivity index (χ3n) is 3.17. The van der Waals surface area contributed by atoms with E-state index >= 15 is 0 Å². The summed E-state index contributed by atoms with van der Waals surface area (Å²) >= 11 is 1.68. The SMILES string of the molecule is CN(CCCC1CCCN1)Cc1cscn1. The molecule has 0 spiro atoms. The van der Waals surface area contributed by atoms with Gasteiger partial charge in [-0.15, -0.1) is 11.3 Å². The highest BCUT2D eigenvalue weighted by Crippen LogP contribution is 2.11. The molecule has 1 aliphatic rings. The van der Waals surface area contributed by atoms with Gasteiger partial charge in [-0.05, 0) is 45.8 Å². The van der Waals surface area contributed by atoms with Gasteiger partial charge >= 0.3 is 0 Å². The number of aromatic nitrogens is 1. The monoisotopic (exact) mass is 239 g/mol. The van der Waals surface area contributed by atoms with Crippen LogP contribution in [-0.2, 0) is 6.54 Å². The highest BCUT2D eigenvalue weighted by molar-refractivity contribution is 7.07. The van der Waals surface area contributed by atoms with Crippen LogP contribution in [0.2, 0.25) is 0 Å². The fourth-order valence-corrected chi connectivity index (χ4v) is 2.83. The fourth-order valence-electron chi connectivity index (χ4n) is 2.28. The first kappa shape index (κ1) is 12.0. The zero-order chi connectivity index (χ0) is 11.2. The van der Waals surface area contributed by atoms with Crippen molar-refractivity contribution < 1.29 is 0 Å². The average molecular weight is 239 g/mol. The Morgan fingerprint density at radius 1 is 1.62 bits per heavy atom. The van der Waals surface area contributed by atoms with E-state index in [0.29, 0.717) is 0 Å². The Hall–Kier alpha value is -0.450. The molecule has 1 N–H and O–H groups in total. The molecule has 1 aromatic rings. The predicted octanol–water partition coefficient (Wildman–Crippen LogP) is 2.11. The minimum Gasteiger partial charge on any atom is -0.314 e. The molecule has 2 rings (SSSR count). The number of hydrogen-bond acceptors (Lipinski definition) is 4. The molecule has 0 amide bonds. The quantitative estimate of drug-likeness (QED) is 0.824. The standard InChI is InChI=1S/C12H21N3S/c1-15(8-12-9-16-10-14-12)7-3-5-11-4-2-6-13-11/h9-11,13H,2-8H2,1H3. The molecule has 1 saturated heterocycles. The molecule has 1 unspecified atom stereocenters. The lowest BCUT2D eigenvalue weighted by molar-refractivity contribution is 0.309. The largest absolute Gasteiger partial charge is 0.314 e. The molecule has 0 aliphatic carbocycles. The minimum atomic E-state index is 0.785. The smallest absolute Gasteiger partial charge is 0.0795 e. The van der Waals surface area contributed by atoms with Crippen LogP contribution < -0.4 is 5.32 Å². The van der Waals surface area contributed by atoms with E-state index in [-0.39, 0.29) is 0 Å². The summed E-state index contributed by atoms with van der Waals surface area (Å²) in [5.74, 6) is 0. The summed E-state index contributed by atoms with van der Waals surface area (Å²) in [5.41, 5.74) is 3.11. The van der Waals surface area contributed by atoms with Gasteiger partial charge in [-0.25, -0.2) is 4.98 Å². The average Bonchev–Trinajstić information content (AvgIpc) is 2.90. The Morgan fingerprint density at radius 2 is 2.56 bits per heavy atom.